The molecule has 0 heterocycles. The number of carboxylic acid groups (broad SMARTS) is 1. The molecular weight excluding hydrogens is 368 g/mol. The third-order valence-electron chi connectivity index (χ3n) is 3.85. The summed E-state index contributed by atoms with van der Waals surface area (Å²) in [6.45, 7) is 1.97. The first kappa shape index (κ1) is 20.6. The van der Waals surface area contributed by atoms with E-state index in [1.165, 1.54) is 24.3 Å². The highest BCUT2D eigenvalue weighted by Crippen LogP contribution is 2.11. The zero-order valence-corrected chi connectivity index (χ0v) is 15.7. The van der Waals surface area contributed by atoms with Gasteiger partial charge in [-0.15, -0.1) is 0 Å². The maximum atomic E-state index is 12.2. The Kier molecular flexibility index (Phi) is 7.09. The fourth-order valence-electron chi connectivity index (χ4n) is 2.54. The molecule has 0 radical (unpaired) electrons. The second kappa shape index (κ2) is 9.29. The first-order valence-electron chi connectivity index (χ1n) is 8.46. The molecule has 144 valence electrons. The molecule has 0 aliphatic carbocycles. The summed E-state index contributed by atoms with van der Waals surface area (Å²) < 4.78 is 26.2. The third-order valence-corrected chi connectivity index (χ3v) is 5.41. The highest BCUT2D eigenvalue weighted by atomic mass is 32.2. The average Bonchev–Trinajstić information content (AvgIpc) is 2.62. The van der Waals surface area contributed by atoms with E-state index in [2.05, 4.69) is 10.0 Å². The van der Waals surface area contributed by atoms with E-state index < -0.39 is 27.9 Å². The summed E-state index contributed by atoms with van der Waals surface area (Å²) in [7, 11) is -3.55. The van der Waals surface area contributed by atoms with E-state index in [1.54, 1.807) is 31.2 Å². The lowest BCUT2D eigenvalue weighted by Gasteiger charge is -2.15. The fraction of sp³-hybridized carbons (Fsp3) is 0.263. The molecule has 0 bridgehead atoms. The Balaban J connectivity index is 2.00. The van der Waals surface area contributed by atoms with Gasteiger partial charge in [0, 0.05) is 13.0 Å². The van der Waals surface area contributed by atoms with Crippen LogP contribution in [0.15, 0.2) is 59.5 Å². The van der Waals surface area contributed by atoms with Crippen molar-refractivity contribution >= 4 is 21.9 Å². The van der Waals surface area contributed by atoms with Gasteiger partial charge in [-0.2, -0.15) is 0 Å². The van der Waals surface area contributed by atoms with E-state index in [0.717, 1.165) is 5.56 Å². The van der Waals surface area contributed by atoms with Crippen molar-refractivity contribution in [3.63, 3.8) is 0 Å². The van der Waals surface area contributed by atoms with E-state index in [1.807, 2.05) is 6.07 Å². The number of aliphatic carboxylic acids is 1. The Labute approximate surface area is 158 Å². The maximum Gasteiger partial charge on any atom is 0.326 e. The minimum atomic E-state index is -3.55. The standard InChI is InChI=1S/C19H22N2O5S/c1-2-20-27(25,26)16-10-8-15(9-11-16)13-18(22)21-17(19(23)24)12-14-6-4-3-5-7-14/h3-11,17,20H,2,12-13H2,1H3,(H,21,22)(H,23,24). The van der Waals surface area contributed by atoms with Crippen LogP contribution in [-0.2, 0) is 32.5 Å². The van der Waals surface area contributed by atoms with Gasteiger partial charge in [-0.3, -0.25) is 4.79 Å². The zero-order valence-electron chi connectivity index (χ0n) is 14.9. The zero-order chi connectivity index (χ0) is 19.9. The molecule has 3 N–H and O–H groups in total. The number of amides is 1. The van der Waals surface area contributed by atoms with Crippen LogP contribution >= 0.6 is 0 Å². The summed E-state index contributed by atoms with van der Waals surface area (Å²) in [6, 6.07) is 13.9. The van der Waals surface area contributed by atoms with Crippen molar-refractivity contribution in [3.8, 4) is 0 Å². The van der Waals surface area contributed by atoms with Gasteiger partial charge in [0.1, 0.15) is 6.04 Å². The van der Waals surface area contributed by atoms with Crippen LogP contribution in [0.25, 0.3) is 0 Å². The van der Waals surface area contributed by atoms with Gasteiger partial charge in [0.2, 0.25) is 15.9 Å². The van der Waals surface area contributed by atoms with Crippen LogP contribution in [0, 0.1) is 0 Å². The highest BCUT2D eigenvalue weighted by molar-refractivity contribution is 7.89. The molecule has 2 rings (SSSR count). The second-order valence-electron chi connectivity index (χ2n) is 5.97. The minimum absolute atomic E-state index is 0.0416. The number of benzene rings is 2. The molecule has 0 saturated carbocycles. The predicted molar refractivity (Wildman–Crippen MR) is 101 cm³/mol. The molecule has 0 fully saturated rings. The topological polar surface area (TPSA) is 113 Å². The predicted octanol–water partition coefficient (Wildman–Crippen LogP) is 1.34. The largest absolute Gasteiger partial charge is 0.480 e. The van der Waals surface area contributed by atoms with Gasteiger partial charge in [-0.1, -0.05) is 49.4 Å². The average molecular weight is 390 g/mol. The molecule has 1 unspecified atom stereocenters. The first-order valence-corrected chi connectivity index (χ1v) is 9.95. The number of rotatable bonds is 9. The number of carbonyl (C=O) groups is 2. The Bertz CT molecular complexity index is 880. The van der Waals surface area contributed by atoms with Gasteiger partial charge >= 0.3 is 5.97 Å². The van der Waals surface area contributed by atoms with Gasteiger partial charge in [0.15, 0.2) is 0 Å². The third kappa shape index (κ3) is 6.19. The van der Waals surface area contributed by atoms with Gasteiger partial charge in [-0.25, -0.2) is 17.9 Å². The van der Waals surface area contributed by atoms with E-state index in [-0.39, 0.29) is 24.3 Å². The van der Waals surface area contributed by atoms with E-state index in [4.69, 9.17) is 0 Å². The summed E-state index contributed by atoms with van der Waals surface area (Å²) in [4.78, 5) is 23.7. The Morgan fingerprint density at radius 3 is 2.19 bits per heavy atom. The van der Waals surface area contributed by atoms with Crippen molar-refractivity contribution in [1.29, 1.82) is 0 Å². The van der Waals surface area contributed by atoms with E-state index in [9.17, 15) is 23.1 Å². The van der Waals surface area contributed by atoms with Crippen LogP contribution < -0.4 is 10.0 Å². The summed E-state index contributed by atoms with van der Waals surface area (Å²) in [5.74, 6) is -1.56. The molecule has 0 spiro atoms. The van der Waals surface area contributed by atoms with Crippen molar-refractivity contribution in [2.75, 3.05) is 6.54 Å². The molecule has 27 heavy (non-hydrogen) atoms. The first-order chi connectivity index (χ1) is 12.8. The van der Waals surface area contributed by atoms with Crippen LogP contribution in [0.1, 0.15) is 18.1 Å². The molecule has 2 aromatic rings. The Morgan fingerprint density at radius 1 is 1.00 bits per heavy atom. The van der Waals surface area contributed by atoms with Crippen LogP contribution in [-0.4, -0.2) is 38.0 Å². The molecule has 0 aromatic heterocycles. The molecule has 2 aromatic carbocycles. The molecule has 8 heteroatoms. The van der Waals surface area contributed by atoms with Crippen molar-refractivity contribution in [2.45, 2.75) is 30.7 Å². The van der Waals surface area contributed by atoms with Crippen molar-refractivity contribution in [1.82, 2.24) is 10.0 Å². The van der Waals surface area contributed by atoms with Crippen LogP contribution in [0.4, 0.5) is 0 Å². The summed E-state index contributed by atoms with van der Waals surface area (Å²) >= 11 is 0. The lowest BCUT2D eigenvalue weighted by molar-refractivity contribution is -0.141. The number of carbonyl (C=O) groups excluding carboxylic acids is 1. The number of nitrogens with one attached hydrogen (secondary N) is 2. The van der Waals surface area contributed by atoms with E-state index in [0.29, 0.717) is 5.56 Å². The number of hydrogen-bond acceptors (Lipinski definition) is 4. The Morgan fingerprint density at radius 2 is 1.63 bits per heavy atom. The SMILES string of the molecule is CCNS(=O)(=O)c1ccc(CC(=O)NC(Cc2ccccc2)C(=O)O)cc1. The highest BCUT2D eigenvalue weighted by Gasteiger charge is 2.20. The minimum Gasteiger partial charge on any atom is -0.480 e. The molecule has 0 aliphatic heterocycles. The summed E-state index contributed by atoms with van der Waals surface area (Å²) in [5, 5.41) is 11.8. The number of sulfonamides is 1. The molecule has 1 atom stereocenters. The second-order valence-corrected chi connectivity index (χ2v) is 7.74. The number of carboxylic acids is 1. The summed E-state index contributed by atoms with van der Waals surface area (Å²) in [5.41, 5.74) is 1.40. The normalized spacial score (nSPS) is 12.3. The maximum absolute atomic E-state index is 12.2. The monoisotopic (exact) mass is 390 g/mol. The fourth-order valence-corrected chi connectivity index (χ4v) is 3.58. The molecular formula is C19H22N2O5S. The lowest BCUT2D eigenvalue weighted by atomic mass is 10.1. The lowest BCUT2D eigenvalue weighted by Crippen LogP contribution is -2.43. The van der Waals surface area contributed by atoms with Gasteiger partial charge in [-0.05, 0) is 23.3 Å². The van der Waals surface area contributed by atoms with Crippen molar-refractivity contribution in [2.24, 2.45) is 0 Å². The number of hydrogen-bond donors (Lipinski definition) is 3. The molecule has 0 aliphatic rings. The summed E-state index contributed by atoms with van der Waals surface area (Å²) in [6.07, 6.45) is 0.141. The molecule has 7 nitrogen and oxygen atoms in total. The van der Waals surface area contributed by atoms with Crippen LogP contribution in [0.3, 0.4) is 0 Å². The van der Waals surface area contributed by atoms with Gasteiger partial charge in [0.05, 0.1) is 11.3 Å². The smallest absolute Gasteiger partial charge is 0.326 e. The van der Waals surface area contributed by atoms with E-state index >= 15 is 0 Å². The van der Waals surface area contributed by atoms with Crippen LogP contribution in [0.5, 0.6) is 0 Å². The van der Waals surface area contributed by atoms with Gasteiger partial charge in [0.25, 0.3) is 0 Å². The molecule has 0 saturated heterocycles. The van der Waals surface area contributed by atoms with Crippen LogP contribution in [0.2, 0.25) is 0 Å². The van der Waals surface area contributed by atoms with Gasteiger partial charge < -0.3 is 10.4 Å². The molecule has 1 amide bonds. The Hall–Kier alpha value is -2.71. The van der Waals surface area contributed by atoms with Crippen molar-refractivity contribution < 1.29 is 23.1 Å². The quantitative estimate of drug-likeness (QED) is 0.598. The van der Waals surface area contributed by atoms with Crippen molar-refractivity contribution in [3.05, 3.63) is 65.7 Å².